The first-order valence-electron chi connectivity index (χ1n) is 7.25. The summed E-state index contributed by atoms with van der Waals surface area (Å²) in [6.45, 7) is 4.54. The van der Waals surface area contributed by atoms with Gasteiger partial charge in [0.05, 0.1) is 0 Å². The second-order valence-electron chi connectivity index (χ2n) is 4.93. The molecule has 0 atom stereocenters. The monoisotopic (exact) mass is 297 g/mol. The van der Waals surface area contributed by atoms with Crippen molar-refractivity contribution in [1.82, 2.24) is 5.32 Å². The van der Waals surface area contributed by atoms with E-state index in [4.69, 9.17) is 4.74 Å². The van der Waals surface area contributed by atoms with Gasteiger partial charge in [-0.25, -0.2) is 0 Å². The van der Waals surface area contributed by atoms with Gasteiger partial charge in [0, 0.05) is 22.4 Å². The van der Waals surface area contributed by atoms with E-state index in [1.807, 2.05) is 12.1 Å². The van der Waals surface area contributed by atoms with Crippen molar-refractivity contribution in [2.45, 2.75) is 20.1 Å². The normalized spacial score (nSPS) is 10.9. The zero-order chi connectivity index (χ0) is 14.5. The Labute approximate surface area is 129 Å². The summed E-state index contributed by atoms with van der Waals surface area (Å²) in [6, 6.07) is 16.7. The number of hydrogen-bond acceptors (Lipinski definition) is 3. The van der Waals surface area contributed by atoms with Crippen molar-refractivity contribution in [3.05, 3.63) is 65.0 Å². The van der Waals surface area contributed by atoms with Gasteiger partial charge in [0.1, 0.15) is 12.4 Å². The lowest BCUT2D eigenvalue weighted by Crippen LogP contribution is -2.12. The van der Waals surface area contributed by atoms with Crippen LogP contribution in [0.2, 0.25) is 0 Å². The minimum atomic E-state index is 0.618. The number of rotatable bonds is 6. The number of fused-ring (bicyclic) bond motifs is 1. The molecule has 0 saturated carbocycles. The molecule has 0 fully saturated rings. The molecule has 1 N–H and O–H groups in total. The first-order valence-corrected chi connectivity index (χ1v) is 8.13. The largest absolute Gasteiger partial charge is 0.489 e. The molecule has 0 radical (unpaired) electrons. The molecule has 3 heteroatoms. The van der Waals surface area contributed by atoms with E-state index in [2.05, 4.69) is 54.0 Å². The van der Waals surface area contributed by atoms with Gasteiger partial charge in [-0.1, -0.05) is 43.3 Å². The number of ether oxygens (including phenoxy) is 1. The highest BCUT2D eigenvalue weighted by Gasteiger charge is 2.06. The van der Waals surface area contributed by atoms with Crippen LogP contribution in [0.3, 0.4) is 0 Å². The molecule has 0 spiro atoms. The number of thiophene rings is 1. The molecular formula is C18H19NOS. The maximum Gasteiger partial charge on any atom is 0.124 e. The minimum Gasteiger partial charge on any atom is -0.489 e. The van der Waals surface area contributed by atoms with Crippen molar-refractivity contribution >= 4 is 21.4 Å². The van der Waals surface area contributed by atoms with E-state index in [0.29, 0.717) is 6.61 Å². The van der Waals surface area contributed by atoms with Crippen LogP contribution in [0, 0.1) is 0 Å². The molecule has 3 rings (SSSR count). The van der Waals surface area contributed by atoms with Gasteiger partial charge in [0.25, 0.3) is 0 Å². The van der Waals surface area contributed by atoms with Crippen molar-refractivity contribution in [1.29, 1.82) is 0 Å². The lowest BCUT2D eigenvalue weighted by molar-refractivity contribution is 0.304. The Kier molecular flexibility index (Phi) is 4.53. The summed E-state index contributed by atoms with van der Waals surface area (Å²) in [6.07, 6.45) is 0. The minimum absolute atomic E-state index is 0.618. The molecule has 0 aliphatic heterocycles. The van der Waals surface area contributed by atoms with Crippen LogP contribution in [0.1, 0.15) is 18.1 Å². The van der Waals surface area contributed by atoms with Crippen molar-refractivity contribution in [3.8, 4) is 5.75 Å². The van der Waals surface area contributed by atoms with Gasteiger partial charge in [0.15, 0.2) is 0 Å². The molecule has 0 bridgehead atoms. The molecule has 0 aliphatic carbocycles. The number of hydrogen-bond donors (Lipinski definition) is 1. The molecule has 21 heavy (non-hydrogen) atoms. The van der Waals surface area contributed by atoms with Crippen LogP contribution in [-0.4, -0.2) is 6.54 Å². The molecule has 0 amide bonds. The average Bonchev–Trinajstić information content (AvgIpc) is 2.95. The van der Waals surface area contributed by atoms with Gasteiger partial charge in [-0.15, -0.1) is 11.3 Å². The summed E-state index contributed by atoms with van der Waals surface area (Å²) in [5, 5.41) is 6.84. The number of nitrogens with one attached hydrogen (secondary N) is 1. The van der Waals surface area contributed by atoms with Crippen LogP contribution in [0.5, 0.6) is 5.75 Å². The summed E-state index contributed by atoms with van der Waals surface area (Å²) < 4.78 is 7.37. The summed E-state index contributed by atoms with van der Waals surface area (Å²) >= 11 is 1.77. The molecule has 0 aliphatic rings. The Bertz CT molecular complexity index is 720. The number of para-hydroxylation sites is 1. The standard InChI is InChI=1S/C18H19NOS/c1-2-19-11-14-7-3-5-9-17(14)20-12-15-13-21-18-10-6-4-8-16(15)18/h3-10,13,19H,2,11-12H2,1H3. The predicted molar refractivity (Wildman–Crippen MR) is 90.0 cm³/mol. The van der Waals surface area contributed by atoms with Crippen LogP contribution in [0.4, 0.5) is 0 Å². The van der Waals surface area contributed by atoms with Gasteiger partial charge in [-0.2, -0.15) is 0 Å². The average molecular weight is 297 g/mol. The Balaban J connectivity index is 1.75. The second-order valence-corrected chi connectivity index (χ2v) is 5.85. The highest BCUT2D eigenvalue weighted by Crippen LogP contribution is 2.27. The Hall–Kier alpha value is -1.84. The van der Waals surface area contributed by atoms with Crippen LogP contribution in [0.15, 0.2) is 53.9 Å². The molecule has 108 valence electrons. The fourth-order valence-corrected chi connectivity index (χ4v) is 3.30. The maximum absolute atomic E-state index is 6.05. The van der Waals surface area contributed by atoms with Gasteiger partial charge in [0.2, 0.25) is 0 Å². The quantitative estimate of drug-likeness (QED) is 0.718. The van der Waals surface area contributed by atoms with E-state index >= 15 is 0 Å². The van der Waals surface area contributed by atoms with E-state index in [-0.39, 0.29) is 0 Å². The van der Waals surface area contributed by atoms with Crippen molar-refractivity contribution in [2.75, 3.05) is 6.54 Å². The van der Waals surface area contributed by atoms with Gasteiger partial charge in [-0.3, -0.25) is 0 Å². The third-order valence-electron chi connectivity index (χ3n) is 3.48. The number of benzene rings is 2. The third kappa shape index (κ3) is 3.26. The maximum atomic E-state index is 6.05. The third-order valence-corrected chi connectivity index (χ3v) is 4.49. The van der Waals surface area contributed by atoms with E-state index in [1.165, 1.54) is 21.2 Å². The topological polar surface area (TPSA) is 21.3 Å². The highest BCUT2D eigenvalue weighted by molar-refractivity contribution is 7.17. The van der Waals surface area contributed by atoms with Crippen LogP contribution in [-0.2, 0) is 13.2 Å². The predicted octanol–water partition coefficient (Wildman–Crippen LogP) is 4.59. The molecule has 1 aromatic heterocycles. The van der Waals surface area contributed by atoms with Gasteiger partial charge >= 0.3 is 0 Å². The molecule has 2 aromatic carbocycles. The first kappa shape index (κ1) is 14.1. The summed E-state index contributed by atoms with van der Waals surface area (Å²) in [5.41, 5.74) is 2.47. The zero-order valence-electron chi connectivity index (χ0n) is 12.1. The van der Waals surface area contributed by atoms with E-state index < -0.39 is 0 Å². The Morgan fingerprint density at radius 2 is 1.81 bits per heavy atom. The zero-order valence-corrected chi connectivity index (χ0v) is 13.0. The van der Waals surface area contributed by atoms with Gasteiger partial charge in [-0.05, 0) is 29.4 Å². The Morgan fingerprint density at radius 1 is 1.00 bits per heavy atom. The molecule has 1 heterocycles. The van der Waals surface area contributed by atoms with Crippen LogP contribution in [0.25, 0.3) is 10.1 Å². The second kappa shape index (κ2) is 6.74. The fourth-order valence-electron chi connectivity index (χ4n) is 2.35. The van der Waals surface area contributed by atoms with E-state index in [1.54, 1.807) is 11.3 Å². The van der Waals surface area contributed by atoms with Crippen molar-refractivity contribution in [3.63, 3.8) is 0 Å². The van der Waals surface area contributed by atoms with Crippen LogP contribution < -0.4 is 10.1 Å². The Morgan fingerprint density at radius 3 is 2.71 bits per heavy atom. The first-order chi connectivity index (χ1) is 10.4. The van der Waals surface area contributed by atoms with E-state index in [0.717, 1.165) is 18.8 Å². The summed E-state index contributed by atoms with van der Waals surface area (Å²) in [5.74, 6) is 0.966. The summed E-state index contributed by atoms with van der Waals surface area (Å²) in [7, 11) is 0. The van der Waals surface area contributed by atoms with Crippen molar-refractivity contribution in [2.24, 2.45) is 0 Å². The summed E-state index contributed by atoms with van der Waals surface area (Å²) in [4.78, 5) is 0. The lowest BCUT2D eigenvalue weighted by Gasteiger charge is -2.11. The molecule has 3 aromatic rings. The fraction of sp³-hybridized carbons (Fsp3) is 0.222. The van der Waals surface area contributed by atoms with Crippen LogP contribution >= 0.6 is 11.3 Å². The lowest BCUT2D eigenvalue weighted by atomic mass is 10.2. The SMILES string of the molecule is CCNCc1ccccc1OCc1csc2ccccc12. The smallest absolute Gasteiger partial charge is 0.124 e. The van der Waals surface area contributed by atoms with Gasteiger partial charge < -0.3 is 10.1 Å². The van der Waals surface area contributed by atoms with Crippen molar-refractivity contribution < 1.29 is 4.74 Å². The highest BCUT2D eigenvalue weighted by atomic mass is 32.1. The molecule has 0 saturated heterocycles. The molecule has 0 unspecified atom stereocenters. The molecule has 2 nitrogen and oxygen atoms in total. The molecular weight excluding hydrogens is 278 g/mol. The van der Waals surface area contributed by atoms with E-state index in [9.17, 15) is 0 Å².